The molecule has 1 fully saturated rings. The van der Waals surface area contributed by atoms with Crippen LogP contribution >= 0.6 is 15.6 Å². The van der Waals surface area contributed by atoms with Crippen LogP contribution < -0.4 is 31.8 Å². The van der Waals surface area contributed by atoms with E-state index in [1.54, 1.807) is 31.3 Å². The van der Waals surface area contributed by atoms with Gasteiger partial charge in [-0.1, -0.05) is 17.1 Å². The van der Waals surface area contributed by atoms with E-state index in [2.05, 4.69) is 34.8 Å². The maximum atomic E-state index is 12.7. The first-order valence-corrected chi connectivity index (χ1v) is 16.0. The fourth-order valence-corrected chi connectivity index (χ4v) is 6.11. The van der Waals surface area contributed by atoms with Gasteiger partial charge in [-0.3, -0.25) is 23.7 Å². The lowest BCUT2D eigenvalue weighted by Crippen LogP contribution is -2.47. The minimum absolute atomic E-state index is 0.0221. The molecule has 23 heteroatoms. The van der Waals surface area contributed by atoms with Gasteiger partial charge in [0.1, 0.15) is 6.10 Å². The van der Waals surface area contributed by atoms with E-state index in [1.807, 2.05) is 0 Å². The number of rotatable bonds is 12. The lowest BCUT2D eigenvalue weighted by Gasteiger charge is -2.21. The summed E-state index contributed by atoms with van der Waals surface area (Å²) in [5.41, 5.74) is 6.01. The van der Waals surface area contributed by atoms with Gasteiger partial charge in [-0.15, -0.1) is 0 Å². The fourth-order valence-electron chi connectivity index (χ4n) is 4.51. The Bertz CT molecular complexity index is 1730. The van der Waals surface area contributed by atoms with E-state index < -0.39 is 64.4 Å². The van der Waals surface area contributed by atoms with Crippen LogP contribution in [0.15, 0.2) is 35.4 Å². The highest BCUT2D eigenvalue weighted by Gasteiger charge is 2.51. The Morgan fingerprint density at radius 3 is 2.58 bits per heavy atom. The summed E-state index contributed by atoms with van der Waals surface area (Å²) in [6, 6.07) is 6.74. The molecule has 0 radical (unpaired) electrons. The first kappa shape index (κ1) is 34.0. The number of phosphoric acid groups is 2. The predicted octanol–water partition coefficient (Wildman–Crippen LogP) is -1.82. The average Bonchev–Trinajstić information content (AvgIpc) is 3.44. The number of hydrogen-bond donors (Lipinski definition) is 9. The van der Waals surface area contributed by atoms with Crippen molar-refractivity contribution in [2.24, 2.45) is 7.05 Å². The molecule has 1 aliphatic heterocycles. The van der Waals surface area contributed by atoms with Crippen molar-refractivity contribution in [1.82, 2.24) is 25.2 Å². The third-order valence-corrected chi connectivity index (χ3v) is 8.50. The van der Waals surface area contributed by atoms with Crippen molar-refractivity contribution in [2.45, 2.75) is 24.5 Å². The van der Waals surface area contributed by atoms with Crippen LogP contribution in [-0.4, -0.2) is 91.4 Å². The molecule has 0 aliphatic carbocycles. The van der Waals surface area contributed by atoms with Gasteiger partial charge in [0, 0.05) is 25.8 Å². The quantitative estimate of drug-likeness (QED) is 0.0579. The number of para-hydroxylation sites is 1. The third kappa shape index (κ3) is 8.23. The molecule has 3 aromatic rings. The lowest BCUT2D eigenvalue weighted by atomic mass is 10.1. The number of aryl methyl sites for hydroxylation is 1. The molecule has 10 N–H and O–H groups in total. The van der Waals surface area contributed by atoms with Crippen LogP contribution in [0, 0.1) is 0 Å². The van der Waals surface area contributed by atoms with Gasteiger partial charge in [0.05, 0.1) is 19.2 Å². The number of ether oxygens (including phenoxy) is 2. The molecule has 1 aliphatic rings. The molecule has 2 aromatic heterocycles. The predicted molar refractivity (Wildman–Crippen MR) is 151 cm³/mol. The zero-order chi connectivity index (χ0) is 33.1. The van der Waals surface area contributed by atoms with Crippen LogP contribution in [0.4, 0.5) is 16.4 Å². The number of fused-ring (bicyclic) bond motifs is 1. The maximum absolute atomic E-state index is 12.7. The van der Waals surface area contributed by atoms with Gasteiger partial charge in [0.25, 0.3) is 17.4 Å². The number of nitrogens with one attached hydrogen (secondary N) is 4. The Kier molecular flexibility index (Phi) is 10.3. The number of amides is 2. The highest BCUT2D eigenvalue weighted by Crippen LogP contribution is 2.57. The van der Waals surface area contributed by atoms with Gasteiger partial charge >= 0.3 is 27.4 Å². The van der Waals surface area contributed by atoms with E-state index in [-0.39, 0.29) is 30.2 Å². The number of anilines is 2. The summed E-state index contributed by atoms with van der Waals surface area (Å²) >= 11 is 0. The number of aromatic amines is 1. The maximum Gasteiger partial charge on any atom is 0.481 e. The van der Waals surface area contributed by atoms with Gasteiger partial charge in [-0.25, -0.2) is 18.5 Å². The largest absolute Gasteiger partial charge is 0.481 e. The summed E-state index contributed by atoms with van der Waals surface area (Å²) in [4.78, 5) is 71.4. The van der Waals surface area contributed by atoms with Crippen molar-refractivity contribution < 1.29 is 61.4 Å². The highest BCUT2D eigenvalue weighted by atomic mass is 31.3. The number of nitrogens with two attached hydrogens (primary N) is 1. The molecule has 0 saturated carbocycles. The van der Waals surface area contributed by atoms with Crippen LogP contribution in [0.2, 0.25) is 0 Å². The highest BCUT2D eigenvalue weighted by molar-refractivity contribution is 7.60. The second-order valence-corrected chi connectivity index (χ2v) is 12.3. The van der Waals surface area contributed by atoms with Crippen molar-refractivity contribution >= 4 is 50.4 Å². The average molecular weight is 677 g/mol. The zero-order valence-corrected chi connectivity index (χ0v) is 25.4. The molecule has 3 heterocycles. The van der Waals surface area contributed by atoms with Crippen molar-refractivity contribution in [1.29, 1.82) is 0 Å². The van der Waals surface area contributed by atoms with Gasteiger partial charge in [-0.2, -0.15) is 4.31 Å². The van der Waals surface area contributed by atoms with Gasteiger partial charge < -0.3 is 50.9 Å². The minimum Gasteiger partial charge on any atom is -0.440 e. The number of aliphatic hydroxyl groups is 1. The topological polar surface area (TPSA) is 303 Å². The van der Waals surface area contributed by atoms with Crippen molar-refractivity contribution in [3.8, 4) is 0 Å². The van der Waals surface area contributed by atoms with Crippen molar-refractivity contribution in [2.75, 3.05) is 37.8 Å². The number of carbonyl (C=O) groups excluding carboxylic acids is 2. The number of imidazole rings is 1. The number of hydrogen-bond acceptors (Lipinski definition) is 13. The summed E-state index contributed by atoms with van der Waals surface area (Å²) in [5, 5.41) is 19.0. The fraction of sp³-hybridized carbons (Fsp3) is 0.409. The first-order chi connectivity index (χ1) is 21.1. The van der Waals surface area contributed by atoms with Gasteiger partial charge in [0.15, 0.2) is 18.5 Å². The van der Waals surface area contributed by atoms with E-state index in [4.69, 9.17) is 25.0 Å². The van der Waals surface area contributed by atoms with Crippen LogP contribution in [0.25, 0.3) is 11.2 Å². The van der Waals surface area contributed by atoms with E-state index >= 15 is 0 Å². The van der Waals surface area contributed by atoms with E-state index in [0.29, 0.717) is 11.3 Å². The van der Waals surface area contributed by atoms with E-state index in [0.717, 1.165) is 0 Å². The number of carbonyl (C=O) groups is 2. The molecule has 246 valence electrons. The molecule has 0 bridgehead atoms. The SMILES string of the molecule is CNc1ccccc1C(=O)NCCNC(=O)O[C@H]1[C@@H](O)[C@H]([n+]2cn(C)c3c(=O)[nH]c(N)nc32)O[C@@H]1COP(=O)(O)OP(=O)(O)O. The van der Waals surface area contributed by atoms with E-state index in [1.165, 1.54) is 22.5 Å². The molecule has 1 saturated heterocycles. The van der Waals surface area contributed by atoms with Crippen LogP contribution in [0.1, 0.15) is 16.6 Å². The number of aromatic nitrogens is 4. The zero-order valence-electron chi connectivity index (χ0n) is 23.6. The number of nitrogens with zero attached hydrogens (tertiary/aromatic N) is 3. The van der Waals surface area contributed by atoms with E-state index in [9.17, 15) is 33.5 Å². The Hall–Kier alpha value is -3.91. The number of alkyl carbamates (subject to hydrolysis) is 1. The number of phosphoric ester groups is 1. The lowest BCUT2D eigenvalue weighted by molar-refractivity contribution is -0.745. The summed E-state index contributed by atoms with van der Waals surface area (Å²) in [5.74, 6) is -0.676. The Morgan fingerprint density at radius 1 is 1.20 bits per heavy atom. The normalized spacial score (nSPS) is 21.3. The Labute approximate surface area is 253 Å². The molecule has 0 spiro atoms. The first-order valence-electron chi connectivity index (χ1n) is 12.9. The van der Waals surface area contributed by atoms with Crippen molar-refractivity contribution in [3.05, 3.63) is 46.5 Å². The molecule has 2 amide bonds. The second kappa shape index (κ2) is 13.6. The molecule has 4 rings (SSSR count). The number of nitrogen functional groups attached to an aromatic ring is 1. The smallest absolute Gasteiger partial charge is 0.440 e. The molecular weight excluding hydrogens is 646 g/mol. The second-order valence-electron chi connectivity index (χ2n) is 9.50. The molecule has 1 unspecified atom stereocenters. The minimum atomic E-state index is -5.46. The number of aliphatic hydroxyl groups excluding tert-OH is 1. The molecular formula is C22H31N8O13P2+. The van der Waals surface area contributed by atoms with Crippen LogP contribution in [-0.2, 0) is 34.5 Å². The molecule has 5 atom stereocenters. The van der Waals surface area contributed by atoms with Crippen LogP contribution in [0.5, 0.6) is 0 Å². The Balaban J connectivity index is 1.48. The van der Waals surface area contributed by atoms with Gasteiger partial charge in [-0.05, 0) is 12.1 Å². The summed E-state index contributed by atoms with van der Waals surface area (Å²) < 4.78 is 45.1. The van der Waals surface area contributed by atoms with Crippen molar-refractivity contribution in [3.63, 3.8) is 0 Å². The summed E-state index contributed by atoms with van der Waals surface area (Å²) in [6.45, 7) is -1.11. The number of benzene rings is 1. The molecule has 1 aromatic carbocycles. The molecule has 45 heavy (non-hydrogen) atoms. The Morgan fingerprint density at radius 2 is 1.89 bits per heavy atom. The van der Waals surface area contributed by atoms with Gasteiger partial charge in [0.2, 0.25) is 11.7 Å². The number of H-pyrrole nitrogens is 1. The summed E-state index contributed by atoms with van der Waals surface area (Å²) in [7, 11) is -7.67. The third-order valence-electron chi connectivity index (χ3n) is 6.35. The molecule has 21 nitrogen and oxygen atoms in total. The monoisotopic (exact) mass is 677 g/mol. The standard InChI is InChI=1S/C22H30N8O13P2/c1-24-12-6-4-3-5-11(12)18(32)25-7-8-26-22(34)42-16-13(9-40-45(38,39)43-44(35,36)37)41-20(15(16)31)30-10-29(2)14-17(30)27-21(23)28-19(14)33/h3-6,10,13,15-16,20,31H,7-9H2,1-2H3,(H8-,23,24,25,26,27,28,32,33,34,35,36,37,38,39)/p+1/t13-,15-,16-,20-/m1/s1. The van der Waals surface area contributed by atoms with Crippen LogP contribution in [0.3, 0.4) is 0 Å². The summed E-state index contributed by atoms with van der Waals surface area (Å²) in [6.07, 6.45) is -6.09.